The predicted molar refractivity (Wildman–Crippen MR) is 84.1 cm³/mol. The molecule has 6 heteroatoms. The van der Waals surface area contributed by atoms with Crippen molar-refractivity contribution >= 4 is 24.5 Å². The molecule has 0 saturated carbocycles. The second-order valence-electron chi connectivity index (χ2n) is 4.49. The van der Waals surface area contributed by atoms with Crippen molar-refractivity contribution in [3.05, 3.63) is 71.8 Å². The van der Waals surface area contributed by atoms with Gasteiger partial charge >= 0.3 is 11.9 Å². The number of para-hydroxylation sites is 2. The Hall–Kier alpha value is -3.54. The maximum Gasteiger partial charge on any atom is 0.336 e. The van der Waals surface area contributed by atoms with Gasteiger partial charge in [0, 0.05) is 12.2 Å². The van der Waals surface area contributed by atoms with Crippen molar-refractivity contribution in [2.24, 2.45) is 0 Å². The molecule has 0 amide bonds. The molecule has 0 bridgehead atoms. The zero-order valence-corrected chi connectivity index (χ0v) is 12.4. The van der Waals surface area contributed by atoms with Gasteiger partial charge in [0.25, 0.3) is 0 Å². The first-order chi connectivity index (χ1) is 11.6. The molecule has 2 aromatic rings. The summed E-state index contributed by atoms with van der Waals surface area (Å²) in [5.41, 5.74) is 0.420. The van der Waals surface area contributed by atoms with E-state index in [1.54, 1.807) is 24.3 Å². The van der Waals surface area contributed by atoms with Crippen LogP contribution < -0.4 is 9.47 Å². The third kappa shape index (κ3) is 4.48. The summed E-state index contributed by atoms with van der Waals surface area (Å²) in [6.07, 6.45) is 2.84. The number of aldehydes is 2. The lowest BCUT2D eigenvalue weighted by molar-refractivity contribution is -0.131. The van der Waals surface area contributed by atoms with E-state index in [4.69, 9.17) is 9.47 Å². The number of hydrogen-bond acceptors (Lipinski definition) is 6. The van der Waals surface area contributed by atoms with Crippen molar-refractivity contribution in [3.8, 4) is 11.5 Å². The summed E-state index contributed by atoms with van der Waals surface area (Å²) in [5.74, 6) is -1.52. The molecule has 0 atom stereocenters. The van der Waals surface area contributed by atoms with Gasteiger partial charge in [-0.25, -0.2) is 9.59 Å². The Kier molecular flexibility index (Phi) is 5.74. The fraction of sp³-hybridized carbons (Fsp3) is 0. The van der Waals surface area contributed by atoms with E-state index in [9.17, 15) is 19.2 Å². The van der Waals surface area contributed by atoms with E-state index < -0.39 is 11.9 Å². The van der Waals surface area contributed by atoms with E-state index >= 15 is 0 Å². The molecular formula is C18H12O6. The smallest absolute Gasteiger partial charge is 0.336 e. The highest BCUT2D eigenvalue weighted by atomic mass is 16.5. The zero-order valence-electron chi connectivity index (χ0n) is 12.4. The minimum Gasteiger partial charge on any atom is -0.423 e. The number of ether oxygens (including phenoxy) is 2. The van der Waals surface area contributed by atoms with Gasteiger partial charge in [0.15, 0.2) is 12.6 Å². The van der Waals surface area contributed by atoms with Gasteiger partial charge < -0.3 is 9.47 Å². The third-order valence-corrected chi connectivity index (χ3v) is 2.87. The Balaban J connectivity index is 1.99. The minimum atomic E-state index is -0.843. The molecule has 0 aliphatic rings. The van der Waals surface area contributed by atoms with Crippen molar-refractivity contribution in [3.63, 3.8) is 0 Å². The lowest BCUT2D eigenvalue weighted by atomic mass is 10.2. The highest BCUT2D eigenvalue weighted by Crippen LogP contribution is 2.17. The van der Waals surface area contributed by atoms with Crippen molar-refractivity contribution in [2.45, 2.75) is 0 Å². The number of benzene rings is 2. The Labute approximate surface area is 137 Å². The zero-order chi connectivity index (χ0) is 17.4. The molecule has 0 aromatic heterocycles. The highest BCUT2D eigenvalue weighted by Gasteiger charge is 2.08. The summed E-state index contributed by atoms with van der Waals surface area (Å²) in [5, 5.41) is 0. The summed E-state index contributed by atoms with van der Waals surface area (Å²) in [6, 6.07) is 12.3. The standard InChI is InChI=1S/C18H12O6/c19-11-13-5-1-3-7-15(13)23-17(21)9-10-18(22)24-16-8-4-2-6-14(16)12-20/h1-12H/b10-9+. The van der Waals surface area contributed by atoms with Crippen molar-refractivity contribution < 1.29 is 28.7 Å². The monoisotopic (exact) mass is 324 g/mol. The van der Waals surface area contributed by atoms with Crippen LogP contribution in [0.1, 0.15) is 20.7 Å². The van der Waals surface area contributed by atoms with Gasteiger partial charge in [0.1, 0.15) is 11.5 Å². The van der Waals surface area contributed by atoms with E-state index in [2.05, 4.69) is 0 Å². The molecule has 120 valence electrons. The van der Waals surface area contributed by atoms with Crippen molar-refractivity contribution in [1.82, 2.24) is 0 Å². The molecule has 0 saturated heterocycles. The Bertz CT molecular complexity index is 739. The van der Waals surface area contributed by atoms with Crippen LogP contribution in [-0.2, 0) is 9.59 Å². The molecule has 2 aromatic carbocycles. The SMILES string of the molecule is O=Cc1ccccc1OC(=O)/C=C/C(=O)Oc1ccccc1C=O. The summed E-state index contributed by atoms with van der Waals surface area (Å²) in [7, 11) is 0. The van der Waals surface area contributed by atoms with Gasteiger partial charge in [-0.15, -0.1) is 0 Å². The van der Waals surface area contributed by atoms with E-state index in [1.807, 2.05) is 0 Å². The normalized spacial score (nSPS) is 10.2. The molecule has 0 unspecified atom stereocenters. The lowest BCUT2D eigenvalue weighted by Crippen LogP contribution is -2.09. The van der Waals surface area contributed by atoms with Gasteiger partial charge in [-0.3, -0.25) is 9.59 Å². The number of esters is 2. The fourth-order valence-corrected chi connectivity index (χ4v) is 1.76. The van der Waals surface area contributed by atoms with Crippen LogP contribution in [0.15, 0.2) is 60.7 Å². The van der Waals surface area contributed by atoms with Crippen LogP contribution in [0.2, 0.25) is 0 Å². The van der Waals surface area contributed by atoms with Crippen LogP contribution in [0.5, 0.6) is 11.5 Å². The maximum absolute atomic E-state index is 11.7. The molecule has 0 fully saturated rings. The molecule has 0 heterocycles. The van der Waals surface area contributed by atoms with E-state index in [-0.39, 0.29) is 22.6 Å². The highest BCUT2D eigenvalue weighted by molar-refractivity contribution is 5.94. The molecule has 0 radical (unpaired) electrons. The molecule has 0 aliphatic carbocycles. The van der Waals surface area contributed by atoms with E-state index in [0.29, 0.717) is 12.6 Å². The average Bonchev–Trinajstić information content (AvgIpc) is 2.61. The van der Waals surface area contributed by atoms with Gasteiger partial charge in [-0.1, -0.05) is 24.3 Å². The van der Waals surface area contributed by atoms with Crippen molar-refractivity contribution in [1.29, 1.82) is 0 Å². The second kappa shape index (κ2) is 8.19. The van der Waals surface area contributed by atoms with Gasteiger partial charge in [0.2, 0.25) is 0 Å². The first-order valence-corrected chi connectivity index (χ1v) is 6.84. The van der Waals surface area contributed by atoms with Crippen LogP contribution >= 0.6 is 0 Å². The van der Waals surface area contributed by atoms with Crippen LogP contribution in [0.25, 0.3) is 0 Å². The van der Waals surface area contributed by atoms with Gasteiger partial charge in [0.05, 0.1) is 11.1 Å². The van der Waals surface area contributed by atoms with Crippen LogP contribution in [0.3, 0.4) is 0 Å². The molecule has 2 rings (SSSR count). The predicted octanol–water partition coefficient (Wildman–Crippen LogP) is 2.38. The number of hydrogen-bond donors (Lipinski definition) is 0. The second-order valence-corrected chi connectivity index (χ2v) is 4.49. The molecule has 24 heavy (non-hydrogen) atoms. The number of rotatable bonds is 6. The molecular weight excluding hydrogens is 312 g/mol. The summed E-state index contributed by atoms with van der Waals surface area (Å²) in [6.45, 7) is 0. The summed E-state index contributed by atoms with van der Waals surface area (Å²) >= 11 is 0. The lowest BCUT2D eigenvalue weighted by Gasteiger charge is -2.04. The Morgan fingerprint density at radius 3 is 1.42 bits per heavy atom. The van der Waals surface area contributed by atoms with E-state index in [1.165, 1.54) is 24.3 Å². The topological polar surface area (TPSA) is 86.7 Å². The van der Waals surface area contributed by atoms with Crippen molar-refractivity contribution in [2.75, 3.05) is 0 Å². The Morgan fingerprint density at radius 2 is 1.04 bits per heavy atom. The molecule has 0 aliphatic heterocycles. The van der Waals surface area contributed by atoms with Crippen LogP contribution in [0.4, 0.5) is 0 Å². The van der Waals surface area contributed by atoms with Crippen LogP contribution in [-0.4, -0.2) is 24.5 Å². The molecule has 0 N–H and O–H groups in total. The van der Waals surface area contributed by atoms with Gasteiger partial charge in [-0.05, 0) is 24.3 Å². The molecule has 6 nitrogen and oxygen atoms in total. The van der Waals surface area contributed by atoms with Gasteiger partial charge in [-0.2, -0.15) is 0 Å². The summed E-state index contributed by atoms with van der Waals surface area (Å²) in [4.78, 5) is 45.0. The largest absolute Gasteiger partial charge is 0.423 e. The third-order valence-electron chi connectivity index (χ3n) is 2.87. The molecule has 0 spiro atoms. The average molecular weight is 324 g/mol. The first kappa shape index (κ1) is 16.8. The Morgan fingerprint density at radius 1 is 0.667 bits per heavy atom. The van der Waals surface area contributed by atoms with E-state index in [0.717, 1.165) is 12.2 Å². The summed E-state index contributed by atoms with van der Waals surface area (Å²) < 4.78 is 9.92. The number of carbonyl (C=O) groups is 4. The maximum atomic E-state index is 11.7. The quantitative estimate of drug-likeness (QED) is 0.351. The fourth-order valence-electron chi connectivity index (χ4n) is 1.76. The number of carbonyl (C=O) groups excluding carboxylic acids is 4. The minimum absolute atomic E-state index is 0.0850. The first-order valence-electron chi connectivity index (χ1n) is 6.84. The van der Waals surface area contributed by atoms with Crippen LogP contribution in [0, 0.1) is 0 Å².